The van der Waals surface area contributed by atoms with Gasteiger partial charge in [0.2, 0.25) is 0 Å². The van der Waals surface area contributed by atoms with Gasteiger partial charge in [0.1, 0.15) is 0 Å². The molecule has 0 radical (unpaired) electrons. The maximum atomic E-state index is 10.1. The van der Waals surface area contributed by atoms with Crippen molar-refractivity contribution in [2.45, 2.75) is 23.1 Å². The topological polar surface area (TPSA) is 17.1 Å². The molecular weight excluding hydrogens is 182 g/mol. The van der Waals surface area contributed by atoms with E-state index in [1.807, 2.05) is 0 Å². The quantitative estimate of drug-likeness (QED) is 0.492. The summed E-state index contributed by atoms with van der Waals surface area (Å²) < 4.78 is -1.42. The van der Waals surface area contributed by atoms with Crippen LogP contribution < -0.4 is 0 Å². The summed E-state index contributed by atoms with van der Waals surface area (Å²) in [5, 5.41) is -0.502. The minimum absolute atomic E-state index is 0.442. The van der Waals surface area contributed by atoms with Crippen LogP contribution in [0.25, 0.3) is 0 Å². The van der Waals surface area contributed by atoms with Gasteiger partial charge in [-0.25, -0.2) is 0 Å². The van der Waals surface area contributed by atoms with Crippen LogP contribution in [-0.4, -0.2) is 16.0 Å². The molecule has 0 aliphatic heterocycles. The fourth-order valence-electron chi connectivity index (χ4n) is 0.346. The Morgan fingerprint density at radius 3 is 2.22 bits per heavy atom. The summed E-state index contributed by atoms with van der Waals surface area (Å²) in [5.41, 5.74) is 0. The number of alkyl halides is 3. The fourth-order valence-corrected chi connectivity index (χ4v) is 0.706. The van der Waals surface area contributed by atoms with Crippen molar-refractivity contribution < 1.29 is 4.79 Å². The van der Waals surface area contributed by atoms with Crippen molar-refractivity contribution >= 4 is 41.1 Å². The van der Waals surface area contributed by atoms with Gasteiger partial charge in [-0.05, 0) is 6.42 Å². The second-order valence-corrected chi connectivity index (χ2v) is 3.64. The molecule has 0 fully saturated rings. The Labute approximate surface area is 69.3 Å². The molecule has 0 aliphatic rings. The van der Waals surface area contributed by atoms with Crippen LogP contribution >= 0.6 is 34.8 Å². The van der Waals surface area contributed by atoms with Crippen LogP contribution in [0.5, 0.6) is 0 Å². The van der Waals surface area contributed by atoms with Gasteiger partial charge in [0, 0.05) is 0 Å². The molecule has 0 aromatic heterocycles. The number of aldehydes is 1. The van der Waals surface area contributed by atoms with E-state index in [0.29, 0.717) is 12.7 Å². The van der Waals surface area contributed by atoms with Crippen molar-refractivity contribution in [3.05, 3.63) is 0 Å². The van der Waals surface area contributed by atoms with Gasteiger partial charge in [0.25, 0.3) is 0 Å². The molecule has 1 unspecified atom stereocenters. The smallest absolute Gasteiger partial charge is 0.189 e. The number of carbonyl (C=O) groups is 1. The first kappa shape index (κ1) is 9.54. The highest BCUT2D eigenvalue weighted by molar-refractivity contribution is 6.59. The Balaban J connectivity index is 3.95. The van der Waals surface area contributed by atoms with Gasteiger partial charge < -0.3 is 0 Å². The van der Waals surface area contributed by atoms with Crippen LogP contribution in [0.4, 0.5) is 0 Å². The van der Waals surface area contributed by atoms with E-state index in [9.17, 15) is 4.79 Å². The average molecular weight is 189 g/mol. The largest absolute Gasteiger partial charge is 0.300 e. The molecule has 0 N–H and O–H groups in total. The Bertz CT molecular complexity index is 102. The highest BCUT2D eigenvalue weighted by Crippen LogP contribution is 2.28. The van der Waals surface area contributed by atoms with Crippen molar-refractivity contribution in [1.29, 1.82) is 0 Å². The van der Waals surface area contributed by atoms with Crippen LogP contribution in [0.2, 0.25) is 0 Å². The number of hydrogen-bond acceptors (Lipinski definition) is 1. The zero-order chi connectivity index (χ0) is 7.49. The van der Waals surface area contributed by atoms with Gasteiger partial charge in [0.05, 0.1) is 5.38 Å². The number of rotatable bonds is 3. The normalized spacial score (nSPS) is 15.1. The van der Waals surface area contributed by atoms with Crippen LogP contribution in [0, 0.1) is 0 Å². The van der Waals surface area contributed by atoms with E-state index in [2.05, 4.69) is 0 Å². The molecule has 0 saturated heterocycles. The predicted octanol–water partition coefficient (Wildman–Crippen LogP) is 2.38. The van der Waals surface area contributed by atoms with E-state index in [4.69, 9.17) is 34.8 Å². The third-order valence-electron chi connectivity index (χ3n) is 0.933. The molecule has 0 spiro atoms. The number of hydrogen-bond donors (Lipinski definition) is 0. The second-order valence-electron chi connectivity index (χ2n) is 1.67. The first-order valence-electron chi connectivity index (χ1n) is 2.52. The molecular formula is C5H7Cl3O. The first-order chi connectivity index (χ1) is 4.04. The van der Waals surface area contributed by atoms with Crippen LogP contribution in [0.15, 0.2) is 0 Å². The number of carbonyl (C=O) groups excluding carboxylic acids is 1. The minimum Gasteiger partial charge on any atom is -0.300 e. The van der Waals surface area contributed by atoms with E-state index >= 15 is 0 Å². The third kappa shape index (κ3) is 2.74. The molecule has 1 atom stereocenters. The van der Waals surface area contributed by atoms with E-state index < -0.39 is 9.71 Å². The van der Waals surface area contributed by atoms with Gasteiger partial charge in [-0.15, -0.1) is 11.6 Å². The zero-order valence-electron chi connectivity index (χ0n) is 4.90. The average Bonchev–Trinajstić information content (AvgIpc) is 1.86. The molecule has 0 heterocycles. The van der Waals surface area contributed by atoms with Crippen molar-refractivity contribution in [2.24, 2.45) is 0 Å². The Hall–Kier alpha value is 0.540. The summed E-state index contributed by atoms with van der Waals surface area (Å²) in [4.78, 5) is 10.1. The number of halogens is 3. The Morgan fingerprint density at radius 2 is 2.11 bits per heavy atom. The zero-order valence-corrected chi connectivity index (χ0v) is 7.17. The molecule has 0 rings (SSSR count). The summed E-state index contributed by atoms with van der Waals surface area (Å²) in [6.45, 7) is 1.81. The highest BCUT2D eigenvalue weighted by atomic mass is 35.5. The molecule has 54 valence electrons. The van der Waals surface area contributed by atoms with Crippen LogP contribution in [-0.2, 0) is 4.79 Å². The molecule has 0 bridgehead atoms. The van der Waals surface area contributed by atoms with Crippen LogP contribution in [0.3, 0.4) is 0 Å². The SMILES string of the molecule is CCC(Cl)C(Cl)(Cl)C=O. The molecule has 1 nitrogen and oxygen atoms in total. The third-order valence-corrected chi connectivity index (χ3v) is 2.51. The highest BCUT2D eigenvalue weighted by Gasteiger charge is 2.31. The molecule has 0 amide bonds. The van der Waals surface area contributed by atoms with Crippen molar-refractivity contribution in [1.82, 2.24) is 0 Å². The van der Waals surface area contributed by atoms with Gasteiger partial charge in [-0.1, -0.05) is 30.1 Å². The van der Waals surface area contributed by atoms with Crippen molar-refractivity contribution in [3.63, 3.8) is 0 Å². The lowest BCUT2D eigenvalue weighted by atomic mass is 10.2. The monoisotopic (exact) mass is 188 g/mol. The lowest BCUT2D eigenvalue weighted by Gasteiger charge is -2.15. The molecule has 0 aromatic rings. The maximum absolute atomic E-state index is 10.1. The Kier molecular flexibility index (Phi) is 3.86. The summed E-state index contributed by atoms with van der Waals surface area (Å²) in [5.74, 6) is 0. The van der Waals surface area contributed by atoms with Gasteiger partial charge in [-0.2, -0.15) is 0 Å². The summed E-state index contributed by atoms with van der Waals surface area (Å²) in [6, 6.07) is 0. The standard InChI is InChI=1S/C5H7Cl3O/c1-2-4(6)5(7,8)3-9/h3-4H,2H2,1H3. The fraction of sp³-hybridized carbons (Fsp3) is 0.800. The van der Waals surface area contributed by atoms with E-state index in [1.165, 1.54) is 0 Å². The van der Waals surface area contributed by atoms with E-state index in [1.54, 1.807) is 6.92 Å². The van der Waals surface area contributed by atoms with Crippen molar-refractivity contribution in [2.75, 3.05) is 0 Å². The van der Waals surface area contributed by atoms with E-state index in [-0.39, 0.29) is 0 Å². The lowest BCUT2D eigenvalue weighted by molar-refractivity contribution is -0.108. The Morgan fingerprint density at radius 1 is 1.67 bits per heavy atom. The predicted molar refractivity (Wildman–Crippen MR) is 40.4 cm³/mol. The molecule has 0 saturated carbocycles. The van der Waals surface area contributed by atoms with Gasteiger partial charge in [-0.3, -0.25) is 4.79 Å². The van der Waals surface area contributed by atoms with Crippen molar-refractivity contribution in [3.8, 4) is 0 Å². The minimum atomic E-state index is -1.42. The molecule has 4 heteroatoms. The maximum Gasteiger partial charge on any atom is 0.189 e. The van der Waals surface area contributed by atoms with E-state index in [0.717, 1.165) is 0 Å². The lowest BCUT2D eigenvalue weighted by Crippen LogP contribution is -2.27. The first-order valence-corrected chi connectivity index (χ1v) is 3.72. The summed E-state index contributed by atoms with van der Waals surface area (Å²) >= 11 is 16.4. The molecule has 0 aromatic carbocycles. The second kappa shape index (κ2) is 3.65. The van der Waals surface area contributed by atoms with Gasteiger partial charge in [0.15, 0.2) is 10.6 Å². The van der Waals surface area contributed by atoms with Crippen LogP contribution in [0.1, 0.15) is 13.3 Å². The molecule has 0 aliphatic carbocycles. The summed E-state index contributed by atoms with van der Waals surface area (Å²) in [7, 11) is 0. The molecule has 9 heavy (non-hydrogen) atoms. The van der Waals surface area contributed by atoms with Gasteiger partial charge >= 0.3 is 0 Å². The summed E-state index contributed by atoms with van der Waals surface area (Å²) in [6.07, 6.45) is 1.02.